The summed E-state index contributed by atoms with van der Waals surface area (Å²) in [5.74, 6) is -0.570. The number of alkyl halides is 3. The Morgan fingerprint density at radius 1 is 1.35 bits per heavy atom. The number of halogens is 3. The number of benzene rings is 1. The Bertz CT molecular complexity index is 811. The van der Waals surface area contributed by atoms with E-state index in [2.05, 4.69) is 10.6 Å². The van der Waals surface area contributed by atoms with Gasteiger partial charge in [0.15, 0.2) is 9.84 Å². The smallest absolute Gasteiger partial charge is 0.379 e. The van der Waals surface area contributed by atoms with Crippen LogP contribution in [0, 0.1) is 10.1 Å². The molecule has 0 bridgehead atoms. The summed E-state index contributed by atoms with van der Waals surface area (Å²) in [7, 11) is -3.13. The summed E-state index contributed by atoms with van der Waals surface area (Å²) < 4.78 is 60.5. The molecule has 1 unspecified atom stereocenters. The summed E-state index contributed by atoms with van der Waals surface area (Å²) in [5, 5.41) is 16.1. The standard InChI is InChI=1S/C14H16F3N3O5S/c15-14(16,17)9-1-2-11(12(7-9)20(22)23)18-5-3-13(21)19-10-4-6-26(24,25)8-10/h1-2,7,10,18H,3-6,8H2,(H,19,21). The molecule has 0 saturated carbocycles. The van der Waals surface area contributed by atoms with Gasteiger partial charge in [0.25, 0.3) is 5.69 Å². The zero-order valence-electron chi connectivity index (χ0n) is 13.4. The minimum Gasteiger partial charge on any atom is -0.379 e. The number of hydrogen-bond acceptors (Lipinski definition) is 6. The lowest BCUT2D eigenvalue weighted by molar-refractivity contribution is -0.384. The fraction of sp³-hybridized carbons (Fsp3) is 0.500. The lowest BCUT2D eigenvalue weighted by Gasteiger charge is -2.12. The van der Waals surface area contributed by atoms with Crippen molar-refractivity contribution in [1.29, 1.82) is 0 Å². The third kappa shape index (κ3) is 5.31. The molecule has 0 aromatic heterocycles. The number of carbonyl (C=O) groups excluding carboxylic acids is 1. The summed E-state index contributed by atoms with van der Waals surface area (Å²) in [6.45, 7) is -0.0580. The van der Waals surface area contributed by atoms with Gasteiger partial charge in [0.05, 0.1) is 22.0 Å². The quantitative estimate of drug-likeness (QED) is 0.559. The maximum atomic E-state index is 12.6. The van der Waals surface area contributed by atoms with Gasteiger partial charge in [-0.05, 0) is 18.6 Å². The van der Waals surface area contributed by atoms with E-state index >= 15 is 0 Å². The Morgan fingerprint density at radius 2 is 2.04 bits per heavy atom. The highest BCUT2D eigenvalue weighted by atomic mass is 32.2. The second kappa shape index (κ2) is 7.48. The van der Waals surface area contributed by atoms with Crippen molar-refractivity contribution in [2.75, 3.05) is 23.4 Å². The molecule has 1 saturated heterocycles. The second-order valence-electron chi connectivity index (χ2n) is 5.83. The van der Waals surface area contributed by atoms with Gasteiger partial charge < -0.3 is 10.6 Å². The van der Waals surface area contributed by atoms with Gasteiger partial charge in [-0.3, -0.25) is 14.9 Å². The lowest BCUT2D eigenvalue weighted by atomic mass is 10.1. The number of sulfone groups is 1. The molecule has 1 fully saturated rings. The van der Waals surface area contributed by atoms with E-state index < -0.39 is 44.1 Å². The number of rotatable bonds is 6. The van der Waals surface area contributed by atoms with Gasteiger partial charge in [0, 0.05) is 25.1 Å². The molecule has 2 N–H and O–H groups in total. The molecule has 26 heavy (non-hydrogen) atoms. The van der Waals surface area contributed by atoms with Crippen LogP contribution in [0.5, 0.6) is 0 Å². The Hall–Kier alpha value is -2.37. The van der Waals surface area contributed by atoms with Crippen molar-refractivity contribution in [3.8, 4) is 0 Å². The van der Waals surface area contributed by atoms with Crippen molar-refractivity contribution in [2.45, 2.75) is 25.1 Å². The van der Waals surface area contributed by atoms with E-state index in [0.29, 0.717) is 18.6 Å². The van der Waals surface area contributed by atoms with E-state index in [0.717, 1.165) is 6.07 Å². The second-order valence-corrected chi connectivity index (χ2v) is 8.06. The first-order chi connectivity index (χ1) is 12.0. The van der Waals surface area contributed by atoms with E-state index in [-0.39, 0.29) is 30.2 Å². The van der Waals surface area contributed by atoms with Gasteiger partial charge in [0.2, 0.25) is 5.91 Å². The summed E-state index contributed by atoms with van der Waals surface area (Å²) in [6.07, 6.45) is -4.49. The average molecular weight is 395 g/mol. The molecule has 1 amide bonds. The fourth-order valence-electron chi connectivity index (χ4n) is 2.53. The molecule has 0 radical (unpaired) electrons. The number of nitrogens with zero attached hydrogens (tertiary/aromatic N) is 1. The monoisotopic (exact) mass is 395 g/mol. The molecule has 144 valence electrons. The van der Waals surface area contributed by atoms with Crippen molar-refractivity contribution in [2.24, 2.45) is 0 Å². The predicted octanol–water partition coefficient (Wildman–Crippen LogP) is 1.72. The molecule has 2 rings (SSSR count). The molecular formula is C14H16F3N3O5S. The number of anilines is 1. The largest absolute Gasteiger partial charge is 0.416 e. The summed E-state index contributed by atoms with van der Waals surface area (Å²) in [4.78, 5) is 21.8. The molecule has 1 heterocycles. The summed E-state index contributed by atoms with van der Waals surface area (Å²) >= 11 is 0. The van der Waals surface area contributed by atoms with Gasteiger partial charge in [0.1, 0.15) is 5.69 Å². The Balaban J connectivity index is 1.93. The molecule has 8 nitrogen and oxygen atoms in total. The lowest BCUT2D eigenvalue weighted by Crippen LogP contribution is -2.36. The van der Waals surface area contributed by atoms with Crippen LogP contribution in [0.25, 0.3) is 0 Å². The van der Waals surface area contributed by atoms with Gasteiger partial charge >= 0.3 is 6.18 Å². The average Bonchev–Trinajstić information content (AvgIpc) is 2.85. The first kappa shape index (κ1) is 19.9. The highest BCUT2D eigenvalue weighted by Gasteiger charge is 2.33. The number of nitro benzene ring substituents is 1. The van der Waals surface area contributed by atoms with E-state index in [9.17, 15) is 36.5 Å². The Kier molecular flexibility index (Phi) is 5.74. The summed E-state index contributed by atoms with van der Waals surface area (Å²) in [6, 6.07) is 1.60. The van der Waals surface area contributed by atoms with Crippen LogP contribution in [0.4, 0.5) is 24.5 Å². The summed E-state index contributed by atoms with van der Waals surface area (Å²) in [5.41, 5.74) is -2.03. The Labute approximate surface area is 146 Å². The maximum absolute atomic E-state index is 12.6. The number of carbonyl (C=O) groups is 1. The van der Waals surface area contributed by atoms with Crippen LogP contribution in [-0.2, 0) is 20.8 Å². The molecule has 0 spiro atoms. The zero-order valence-corrected chi connectivity index (χ0v) is 14.2. The van der Waals surface area contributed by atoms with Crippen molar-refractivity contribution in [3.05, 3.63) is 33.9 Å². The van der Waals surface area contributed by atoms with Gasteiger partial charge in [-0.25, -0.2) is 8.42 Å². The molecule has 1 aliphatic heterocycles. The van der Waals surface area contributed by atoms with Gasteiger partial charge in [-0.1, -0.05) is 0 Å². The van der Waals surface area contributed by atoms with E-state index in [1.54, 1.807) is 0 Å². The third-order valence-electron chi connectivity index (χ3n) is 3.79. The Morgan fingerprint density at radius 3 is 2.58 bits per heavy atom. The van der Waals surface area contributed by atoms with Crippen molar-refractivity contribution in [3.63, 3.8) is 0 Å². The molecular weight excluding hydrogens is 379 g/mol. The predicted molar refractivity (Wildman–Crippen MR) is 86.4 cm³/mol. The third-order valence-corrected chi connectivity index (χ3v) is 5.55. The zero-order chi connectivity index (χ0) is 19.5. The van der Waals surface area contributed by atoms with E-state index in [1.807, 2.05) is 0 Å². The minimum atomic E-state index is -4.70. The van der Waals surface area contributed by atoms with Crippen molar-refractivity contribution < 1.29 is 31.3 Å². The van der Waals surface area contributed by atoms with Gasteiger partial charge in [-0.2, -0.15) is 13.2 Å². The highest BCUT2D eigenvalue weighted by Crippen LogP contribution is 2.34. The fourth-order valence-corrected chi connectivity index (χ4v) is 4.20. The maximum Gasteiger partial charge on any atom is 0.416 e. The van der Waals surface area contributed by atoms with Gasteiger partial charge in [-0.15, -0.1) is 0 Å². The number of nitro groups is 1. The van der Waals surface area contributed by atoms with Crippen molar-refractivity contribution >= 4 is 27.1 Å². The highest BCUT2D eigenvalue weighted by molar-refractivity contribution is 7.91. The molecule has 1 aromatic rings. The van der Waals surface area contributed by atoms with Crippen molar-refractivity contribution in [1.82, 2.24) is 5.32 Å². The van der Waals surface area contributed by atoms with Crippen LogP contribution in [-0.4, -0.2) is 43.3 Å². The minimum absolute atomic E-state index is 0.00788. The number of amides is 1. The van der Waals surface area contributed by atoms with Crippen LogP contribution in [0.15, 0.2) is 18.2 Å². The van der Waals surface area contributed by atoms with Crippen LogP contribution >= 0.6 is 0 Å². The topological polar surface area (TPSA) is 118 Å². The molecule has 12 heteroatoms. The number of hydrogen-bond donors (Lipinski definition) is 2. The molecule has 1 atom stereocenters. The normalized spacial score (nSPS) is 19.1. The van der Waals surface area contributed by atoms with Crippen LogP contribution in [0.1, 0.15) is 18.4 Å². The first-order valence-corrected chi connectivity index (χ1v) is 9.39. The SMILES string of the molecule is O=C(CCNc1ccc(C(F)(F)F)cc1[N+](=O)[O-])NC1CCS(=O)(=O)C1. The van der Waals surface area contributed by atoms with E-state index in [1.165, 1.54) is 0 Å². The molecule has 1 aliphatic rings. The molecule has 0 aliphatic carbocycles. The van der Waals surface area contributed by atoms with Crippen LogP contribution in [0.2, 0.25) is 0 Å². The van der Waals surface area contributed by atoms with E-state index in [4.69, 9.17) is 0 Å². The first-order valence-electron chi connectivity index (χ1n) is 7.57. The van der Waals surface area contributed by atoms with Crippen LogP contribution in [0.3, 0.4) is 0 Å². The number of nitrogens with one attached hydrogen (secondary N) is 2. The molecule has 1 aromatic carbocycles. The van der Waals surface area contributed by atoms with Crippen LogP contribution < -0.4 is 10.6 Å².